The summed E-state index contributed by atoms with van der Waals surface area (Å²) in [5.41, 5.74) is 1.25. The van der Waals surface area contributed by atoms with E-state index in [0.29, 0.717) is 36.6 Å². The summed E-state index contributed by atoms with van der Waals surface area (Å²) in [6, 6.07) is 19.5. The molecule has 4 rings (SSSR count). The summed E-state index contributed by atoms with van der Waals surface area (Å²) in [5.74, 6) is -0.950. The van der Waals surface area contributed by atoms with Crippen LogP contribution in [-0.2, 0) is 30.9 Å². The highest BCUT2D eigenvalue weighted by Gasteiger charge is 2.32. The average Bonchev–Trinajstić information content (AvgIpc) is 2.98. The molecule has 1 aliphatic rings. The van der Waals surface area contributed by atoms with E-state index in [2.05, 4.69) is 5.32 Å². The van der Waals surface area contributed by atoms with Gasteiger partial charge in [0.25, 0.3) is 5.91 Å². The highest BCUT2D eigenvalue weighted by molar-refractivity contribution is 7.89. The molecule has 2 amide bonds. The topological polar surface area (TPSA) is 105 Å². The van der Waals surface area contributed by atoms with Gasteiger partial charge in [-0.05, 0) is 54.4 Å². The van der Waals surface area contributed by atoms with Gasteiger partial charge in [0.15, 0.2) is 6.61 Å². The van der Waals surface area contributed by atoms with Crippen LogP contribution in [0, 0.1) is 5.82 Å². The van der Waals surface area contributed by atoms with Gasteiger partial charge in [0.05, 0.1) is 18.1 Å². The standard InChI is InChI=1S/C29H32FN3O6S/c1-2-31-29(35)28(23-6-4-3-5-7-23)33(20-22-8-10-24(30)11-9-22)27(34)21-39-25-12-14-26(15-13-25)40(36,37)32-16-18-38-19-17-32/h3-15,28H,2,16-21H2,1H3,(H,31,35). The molecule has 1 N–H and O–H groups in total. The monoisotopic (exact) mass is 569 g/mol. The summed E-state index contributed by atoms with van der Waals surface area (Å²) >= 11 is 0. The van der Waals surface area contributed by atoms with E-state index in [9.17, 15) is 22.4 Å². The lowest BCUT2D eigenvalue weighted by atomic mass is 10.0. The van der Waals surface area contributed by atoms with E-state index in [1.807, 2.05) is 6.07 Å². The van der Waals surface area contributed by atoms with E-state index in [0.717, 1.165) is 0 Å². The van der Waals surface area contributed by atoms with Crippen LogP contribution in [-0.4, -0.2) is 68.9 Å². The number of hydrogen-bond donors (Lipinski definition) is 1. The van der Waals surface area contributed by atoms with Crippen molar-refractivity contribution >= 4 is 21.8 Å². The van der Waals surface area contributed by atoms with Crippen molar-refractivity contribution in [2.45, 2.75) is 24.4 Å². The third kappa shape index (κ3) is 7.23. The van der Waals surface area contributed by atoms with Gasteiger partial charge in [-0.15, -0.1) is 0 Å². The lowest BCUT2D eigenvalue weighted by Crippen LogP contribution is -2.45. The molecule has 1 heterocycles. The van der Waals surface area contributed by atoms with Gasteiger partial charge in [-0.2, -0.15) is 4.31 Å². The lowest BCUT2D eigenvalue weighted by molar-refractivity contribution is -0.143. The largest absolute Gasteiger partial charge is 0.484 e. The zero-order chi connectivity index (χ0) is 28.5. The van der Waals surface area contributed by atoms with Crippen molar-refractivity contribution in [1.29, 1.82) is 0 Å². The number of carbonyl (C=O) groups is 2. The number of likely N-dealkylation sites (N-methyl/N-ethyl adjacent to an activating group) is 1. The summed E-state index contributed by atoms with van der Waals surface area (Å²) in [6.07, 6.45) is 0. The fourth-order valence-corrected chi connectivity index (χ4v) is 5.77. The maximum atomic E-state index is 13.6. The Kier molecular flexibility index (Phi) is 9.86. The molecule has 1 saturated heterocycles. The first-order valence-electron chi connectivity index (χ1n) is 13.0. The van der Waals surface area contributed by atoms with Gasteiger partial charge in [-0.3, -0.25) is 9.59 Å². The van der Waals surface area contributed by atoms with Gasteiger partial charge < -0.3 is 19.7 Å². The molecular weight excluding hydrogens is 537 g/mol. The molecule has 9 nitrogen and oxygen atoms in total. The molecule has 1 unspecified atom stereocenters. The van der Waals surface area contributed by atoms with Gasteiger partial charge in [-0.25, -0.2) is 12.8 Å². The molecule has 1 aliphatic heterocycles. The minimum atomic E-state index is -3.67. The predicted octanol–water partition coefficient (Wildman–Crippen LogP) is 3.13. The van der Waals surface area contributed by atoms with E-state index in [4.69, 9.17) is 9.47 Å². The molecule has 11 heteroatoms. The first-order chi connectivity index (χ1) is 19.3. The molecule has 0 aliphatic carbocycles. The average molecular weight is 570 g/mol. The van der Waals surface area contributed by atoms with Crippen LogP contribution in [0.2, 0.25) is 0 Å². The van der Waals surface area contributed by atoms with E-state index >= 15 is 0 Å². The van der Waals surface area contributed by atoms with Crippen LogP contribution in [0.3, 0.4) is 0 Å². The number of nitrogens with zero attached hydrogens (tertiary/aromatic N) is 2. The normalized spacial score (nSPS) is 14.8. The second-order valence-corrected chi connectivity index (χ2v) is 11.1. The maximum absolute atomic E-state index is 13.6. The Labute approximate surface area is 233 Å². The molecule has 1 atom stereocenters. The Balaban J connectivity index is 1.54. The van der Waals surface area contributed by atoms with Crippen molar-refractivity contribution in [3.63, 3.8) is 0 Å². The molecule has 1 fully saturated rings. The van der Waals surface area contributed by atoms with Crippen LogP contribution < -0.4 is 10.1 Å². The van der Waals surface area contributed by atoms with Crippen LogP contribution >= 0.6 is 0 Å². The van der Waals surface area contributed by atoms with Crippen molar-refractivity contribution in [1.82, 2.24) is 14.5 Å². The first-order valence-corrected chi connectivity index (χ1v) is 14.4. The number of nitrogens with one attached hydrogen (secondary N) is 1. The molecule has 0 spiro atoms. The molecule has 40 heavy (non-hydrogen) atoms. The number of benzene rings is 3. The summed E-state index contributed by atoms with van der Waals surface area (Å²) in [6.45, 7) is 3.05. The van der Waals surface area contributed by atoms with Gasteiger partial charge >= 0.3 is 0 Å². The molecule has 212 valence electrons. The van der Waals surface area contributed by atoms with Crippen LogP contribution in [0.5, 0.6) is 5.75 Å². The second-order valence-electron chi connectivity index (χ2n) is 9.13. The molecule has 0 saturated carbocycles. The number of rotatable bonds is 11. The number of halogens is 1. The first kappa shape index (κ1) is 29.2. The number of morpholine rings is 1. The third-order valence-electron chi connectivity index (χ3n) is 6.41. The second kappa shape index (κ2) is 13.5. The van der Waals surface area contributed by atoms with E-state index in [1.54, 1.807) is 43.3 Å². The third-order valence-corrected chi connectivity index (χ3v) is 8.32. The minimum absolute atomic E-state index is 0.0376. The quantitative estimate of drug-likeness (QED) is 0.381. The molecule has 3 aromatic carbocycles. The molecule has 0 radical (unpaired) electrons. The maximum Gasteiger partial charge on any atom is 0.261 e. The minimum Gasteiger partial charge on any atom is -0.484 e. The summed E-state index contributed by atoms with van der Waals surface area (Å²) in [5, 5.41) is 2.79. The Morgan fingerprint density at radius 2 is 1.65 bits per heavy atom. The van der Waals surface area contributed by atoms with Crippen molar-refractivity contribution in [2.24, 2.45) is 0 Å². The van der Waals surface area contributed by atoms with Crippen LogP contribution in [0.15, 0.2) is 83.8 Å². The Bertz CT molecular complexity index is 1380. The Hall–Kier alpha value is -3.80. The van der Waals surface area contributed by atoms with Crippen molar-refractivity contribution in [3.05, 3.63) is 95.8 Å². The van der Waals surface area contributed by atoms with Crippen LogP contribution in [0.4, 0.5) is 4.39 Å². The lowest BCUT2D eigenvalue weighted by Gasteiger charge is -2.31. The van der Waals surface area contributed by atoms with Crippen molar-refractivity contribution in [3.8, 4) is 5.75 Å². The van der Waals surface area contributed by atoms with Gasteiger partial charge in [0.2, 0.25) is 15.9 Å². The summed E-state index contributed by atoms with van der Waals surface area (Å²) in [4.78, 5) is 28.3. The fraction of sp³-hybridized carbons (Fsp3) is 0.310. The fourth-order valence-electron chi connectivity index (χ4n) is 4.36. The predicted molar refractivity (Wildman–Crippen MR) is 146 cm³/mol. The number of hydrogen-bond acceptors (Lipinski definition) is 6. The number of ether oxygens (including phenoxy) is 2. The summed E-state index contributed by atoms with van der Waals surface area (Å²) < 4.78 is 51.6. The molecule has 0 aromatic heterocycles. The highest BCUT2D eigenvalue weighted by atomic mass is 32.2. The van der Waals surface area contributed by atoms with Crippen LogP contribution in [0.25, 0.3) is 0 Å². The van der Waals surface area contributed by atoms with E-state index in [1.165, 1.54) is 45.6 Å². The molecule has 0 bridgehead atoms. The van der Waals surface area contributed by atoms with Crippen LogP contribution in [0.1, 0.15) is 24.1 Å². The Morgan fingerprint density at radius 3 is 2.27 bits per heavy atom. The SMILES string of the molecule is CCNC(=O)C(c1ccccc1)N(Cc1ccc(F)cc1)C(=O)COc1ccc(S(=O)(=O)N2CCOCC2)cc1. The zero-order valence-electron chi connectivity index (χ0n) is 22.2. The smallest absolute Gasteiger partial charge is 0.261 e. The molecular formula is C29H32FN3O6S. The van der Waals surface area contributed by atoms with Crippen molar-refractivity contribution < 1.29 is 31.9 Å². The number of carbonyl (C=O) groups excluding carboxylic acids is 2. The zero-order valence-corrected chi connectivity index (χ0v) is 23.0. The van der Waals surface area contributed by atoms with Gasteiger partial charge in [0, 0.05) is 26.2 Å². The van der Waals surface area contributed by atoms with Crippen molar-refractivity contribution in [2.75, 3.05) is 39.5 Å². The number of amides is 2. The van der Waals surface area contributed by atoms with E-state index < -0.39 is 34.4 Å². The molecule has 3 aromatic rings. The number of sulfonamides is 1. The highest BCUT2D eigenvalue weighted by Crippen LogP contribution is 2.25. The van der Waals surface area contributed by atoms with Gasteiger partial charge in [-0.1, -0.05) is 42.5 Å². The van der Waals surface area contributed by atoms with E-state index in [-0.39, 0.29) is 30.4 Å². The van der Waals surface area contributed by atoms with Gasteiger partial charge in [0.1, 0.15) is 17.6 Å². The summed E-state index contributed by atoms with van der Waals surface area (Å²) in [7, 11) is -3.67. The Morgan fingerprint density at radius 1 is 1.00 bits per heavy atom.